The topological polar surface area (TPSA) is 35.2 Å². The van der Waals surface area contributed by atoms with Crippen LogP contribution in [0.2, 0.25) is 0 Å². The molecule has 1 unspecified atom stereocenters. The van der Waals surface area contributed by atoms with Crippen LogP contribution < -0.4 is 10.5 Å². The van der Waals surface area contributed by atoms with Gasteiger partial charge in [-0.1, -0.05) is 25.1 Å². The normalized spacial score (nSPS) is 12.2. The highest BCUT2D eigenvalue weighted by atomic mass is 127. The van der Waals surface area contributed by atoms with E-state index in [0.717, 1.165) is 34.4 Å². The molecule has 0 heterocycles. The largest absolute Gasteiger partial charge is 0.492 e. The van der Waals surface area contributed by atoms with E-state index in [9.17, 15) is 0 Å². The summed E-state index contributed by atoms with van der Waals surface area (Å²) in [6.07, 6.45) is 0.996. The number of benzene rings is 2. The van der Waals surface area contributed by atoms with Crippen LogP contribution in [0.15, 0.2) is 46.9 Å². The summed E-state index contributed by atoms with van der Waals surface area (Å²) in [5.74, 6) is 0.866. The maximum atomic E-state index is 6.34. The van der Waals surface area contributed by atoms with E-state index in [4.69, 9.17) is 10.5 Å². The van der Waals surface area contributed by atoms with Crippen molar-refractivity contribution in [3.8, 4) is 5.75 Å². The second kappa shape index (κ2) is 7.43. The molecule has 1 atom stereocenters. The van der Waals surface area contributed by atoms with Gasteiger partial charge in [0.2, 0.25) is 0 Å². The van der Waals surface area contributed by atoms with Crippen molar-refractivity contribution in [2.75, 3.05) is 6.61 Å². The number of hydrogen-bond donors (Lipinski definition) is 1. The molecular weight excluding hydrogens is 429 g/mol. The maximum absolute atomic E-state index is 6.34. The number of halogens is 2. The fourth-order valence-electron chi connectivity index (χ4n) is 1.93. The molecule has 0 amide bonds. The van der Waals surface area contributed by atoms with E-state index in [1.807, 2.05) is 24.3 Å². The lowest BCUT2D eigenvalue weighted by Gasteiger charge is -2.15. The minimum absolute atomic E-state index is 0.124. The molecule has 0 aliphatic carbocycles. The highest BCUT2D eigenvalue weighted by Gasteiger charge is 2.11. The Morgan fingerprint density at radius 3 is 2.60 bits per heavy atom. The quantitative estimate of drug-likeness (QED) is 0.665. The second-order valence-electron chi connectivity index (χ2n) is 4.57. The van der Waals surface area contributed by atoms with E-state index in [0.29, 0.717) is 0 Å². The van der Waals surface area contributed by atoms with Crippen molar-refractivity contribution in [2.45, 2.75) is 19.4 Å². The molecule has 0 saturated heterocycles. The summed E-state index contributed by atoms with van der Waals surface area (Å²) in [5.41, 5.74) is 8.53. The van der Waals surface area contributed by atoms with Gasteiger partial charge in [-0.2, -0.15) is 0 Å². The van der Waals surface area contributed by atoms with Crippen LogP contribution in [-0.2, 0) is 0 Å². The SMILES string of the molecule is CCCOc1ccc(C(N)c2cccc(I)c2)cc1Br. The predicted molar refractivity (Wildman–Crippen MR) is 95.1 cm³/mol. The smallest absolute Gasteiger partial charge is 0.133 e. The van der Waals surface area contributed by atoms with Crippen molar-refractivity contribution in [3.63, 3.8) is 0 Å². The summed E-state index contributed by atoms with van der Waals surface area (Å²) in [4.78, 5) is 0. The molecule has 4 heteroatoms. The van der Waals surface area contributed by atoms with Crippen LogP contribution >= 0.6 is 38.5 Å². The van der Waals surface area contributed by atoms with Gasteiger partial charge in [-0.15, -0.1) is 0 Å². The lowest BCUT2D eigenvalue weighted by molar-refractivity contribution is 0.315. The van der Waals surface area contributed by atoms with Crippen LogP contribution in [0.5, 0.6) is 5.75 Å². The van der Waals surface area contributed by atoms with Crippen LogP contribution in [0.3, 0.4) is 0 Å². The monoisotopic (exact) mass is 445 g/mol. The average molecular weight is 446 g/mol. The third-order valence-electron chi connectivity index (χ3n) is 2.98. The number of ether oxygens (including phenoxy) is 1. The zero-order valence-electron chi connectivity index (χ0n) is 11.3. The van der Waals surface area contributed by atoms with Gasteiger partial charge in [-0.05, 0) is 80.3 Å². The minimum Gasteiger partial charge on any atom is -0.492 e. The first-order valence-corrected chi connectivity index (χ1v) is 8.42. The maximum Gasteiger partial charge on any atom is 0.133 e. The van der Waals surface area contributed by atoms with E-state index >= 15 is 0 Å². The third kappa shape index (κ3) is 3.96. The van der Waals surface area contributed by atoms with Gasteiger partial charge in [-0.3, -0.25) is 0 Å². The summed E-state index contributed by atoms with van der Waals surface area (Å²) in [6.45, 7) is 2.82. The molecule has 20 heavy (non-hydrogen) atoms. The Hall–Kier alpha value is -0.590. The number of nitrogens with two attached hydrogens (primary N) is 1. The first-order chi connectivity index (χ1) is 9.61. The van der Waals surface area contributed by atoms with Crippen molar-refractivity contribution < 1.29 is 4.74 Å². The van der Waals surface area contributed by atoms with Gasteiger partial charge in [0.15, 0.2) is 0 Å². The molecule has 2 aromatic carbocycles. The van der Waals surface area contributed by atoms with Gasteiger partial charge < -0.3 is 10.5 Å². The fourth-order valence-corrected chi connectivity index (χ4v) is 3.01. The Bertz CT molecular complexity index is 588. The molecule has 0 bridgehead atoms. The van der Waals surface area contributed by atoms with Crippen LogP contribution in [0.4, 0.5) is 0 Å². The van der Waals surface area contributed by atoms with E-state index in [1.54, 1.807) is 0 Å². The Morgan fingerprint density at radius 1 is 1.20 bits per heavy atom. The molecule has 106 valence electrons. The lowest BCUT2D eigenvalue weighted by Crippen LogP contribution is -2.12. The van der Waals surface area contributed by atoms with E-state index < -0.39 is 0 Å². The molecule has 0 spiro atoms. The van der Waals surface area contributed by atoms with Crippen molar-refractivity contribution in [1.82, 2.24) is 0 Å². The summed E-state index contributed by atoms with van der Waals surface area (Å²) >= 11 is 5.85. The predicted octanol–water partition coefficient (Wildman–Crippen LogP) is 4.89. The fraction of sp³-hybridized carbons (Fsp3) is 0.250. The lowest BCUT2D eigenvalue weighted by atomic mass is 10.00. The highest BCUT2D eigenvalue weighted by molar-refractivity contribution is 14.1. The summed E-state index contributed by atoms with van der Waals surface area (Å²) in [6, 6.07) is 14.2. The molecule has 0 radical (unpaired) electrons. The van der Waals surface area contributed by atoms with Crippen LogP contribution in [0.1, 0.15) is 30.5 Å². The highest BCUT2D eigenvalue weighted by Crippen LogP contribution is 2.30. The van der Waals surface area contributed by atoms with Crippen molar-refractivity contribution in [3.05, 3.63) is 61.6 Å². The Morgan fingerprint density at radius 2 is 1.95 bits per heavy atom. The molecule has 2 N–H and O–H groups in total. The molecule has 2 aromatic rings. The summed E-state index contributed by atoms with van der Waals surface area (Å²) in [7, 11) is 0. The zero-order valence-corrected chi connectivity index (χ0v) is 15.0. The first kappa shape index (κ1) is 15.8. The van der Waals surface area contributed by atoms with Crippen molar-refractivity contribution >= 4 is 38.5 Å². The van der Waals surface area contributed by atoms with Crippen LogP contribution in [0.25, 0.3) is 0 Å². The van der Waals surface area contributed by atoms with Gasteiger partial charge in [0.1, 0.15) is 5.75 Å². The van der Waals surface area contributed by atoms with Crippen molar-refractivity contribution in [1.29, 1.82) is 0 Å². The molecule has 0 aliphatic rings. The number of hydrogen-bond acceptors (Lipinski definition) is 2. The van der Waals surface area contributed by atoms with Gasteiger partial charge in [-0.25, -0.2) is 0 Å². The molecular formula is C16H17BrINO. The van der Waals surface area contributed by atoms with Gasteiger partial charge >= 0.3 is 0 Å². The Kier molecular flexibility index (Phi) is 5.86. The van der Waals surface area contributed by atoms with E-state index in [2.05, 4.69) is 63.6 Å². The minimum atomic E-state index is -0.124. The number of rotatable bonds is 5. The van der Waals surface area contributed by atoms with Gasteiger partial charge in [0.25, 0.3) is 0 Å². The van der Waals surface area contributed by atoms with E-state index in [1.165, 1.54) is 3.57 Å². The third-order valence-corrected chi connectivity index (χ3v) is 4.28. The first-order valence-electron chi connectivity index (χ1n) is 6.55. The van der Waals surface area contributed by atoms with Crippen LogP contribution in [-0.4, -0.2) is 6.61 Å². The Balaban J connectivity index is 2.22. The molecule has 0 aliphatic heterocycles. The second-order valence-corrected chi connectivity index (χ2v) is 6.67. The molecule has 0 saturated carbocycles. The standard InChI is InChI=1S/C16H17BrINO/c1-2-8-20-15-7-6-12(10-14(15)17)16(19)11-4-3-5-13(18)9-11/h3-7,9-10,16H,2,8,19H2,1H3. The van der Waals surface area contributed by atoms with Gasteiger partial charge in [0, 0.05) is 3.57 Å². The molecule has 2 rings (SSSR count). The molecule has 0 fully saturated rings. The average Bonchev–Trinajstić information content (AvgIpc) is 2.45. The van der Waals surface area contributed by atoms with Crippen LogP contribution in [0, 0.1) is 3.57 Å². The molecule has 2 nitrogen and oxygen atoms in total. The summed E-state index contributed by atoms with van der Waals surface area (Å²) < 4.78 is 7.80. The van der Waals surface area contributed by atoms with Gasteiger partial charge in [0.05, 0.1) is 17.1 Å². The van der Waals surface area contributed by atoms with Crippen molar-refractivity contribution in [2.24, 2.45) is 5.73 Å². The summed E-state index contributed by atoms with van der Waals surface area (Å²) in [5, 5.41) is 0. The van der Waals surface area contributed by atoms with E-state index in [-0.39, 0.29) is 6.04 Å². The zero-order chi connectivity index (χ0) is 14.5. The Labute approximate surface area is 142 Å². The molecule has 0 aromatic heterocycles.